The number of azo groups is 1. The molecule has 9 heteroatoms. The molecule has 6 nitrogen and oxygen atoms in total. The number of rotatable bonds is 3. The predicted molar refractivity (Wildman–Crippen MR) is 108 cm³/mol. The average Bonchev–Trinajstić information content (AvgIpc) is 3.15. The van der Waals surface area contributed by atoms with Crippen molar-refractivity contribution >= 4 is 60.5 Å². The number of nitrogens with zero attached hydrogens (tertiary/aromatic N) is 4. The summed E-state index contributed by atoms with van der Waals surface area (Å²) in [5.41, 5.74) is 2.02. The summed E-state index contributed by atoms with van der Waals surface area (Å²) in [6.45, 7) is 1.78. The van der Waals surface area contributed by atoms with Crippen LogP contribution >= 0.6 is 38.9 Å². The van der Waals surface area contributed by atoms with Crippen LogP contribution < -0.4 is 5.56 Å². The molecule has 26 heavy (non-hydrogen) atoms. The van der Waals surface area contributed by atoms with Crippen molar-refractivity contribution in [1.82, 2.24) is 14.8 Å². The Labute approximate surface area is 165 Å². The summed E-state index contributed by atoms with van der Waals surface area (Å²) in [6, 6.07) is 12.8. The third-order valence-corrected chi connectivity index (χ3v) is 5.43. The summed E-state index contributed by atoms with van der Waals surface area (Å²) < 4.78 is 3.24. The molecule has 2 heterocycles. The SMILES string of the molecule is Cc1[nH]n(-c2nc3ccc(Cl)cc3s2)c(=O)c1N=Nc1ccc(Br)cc1. The highest BCUT2D eigenvalue weighted by atomic mass is 79.9. The second kappa shape index (κ2) is 6.79. The van der Waals surface area contributed by atoms with Crippen molar-refractivity contribution in [3.63, 3.8) is 0 Å². The quantitative estimate of drug-likeness (QED) is 0.395. The van der Waals surface area contributed by atoms with Gasteiger partial charge in [0.15, 0.2) is 5.69 Å². The van der Waals surface area contributed by atoms with E-state index in [1.165, 1.54) is 16.0 Å². The van der Waals surface area contributed by atoms with Crippen LogP contribution in [0.4, 0.5) is 11.4 Å². The predicted octanol–water partition coefficient (Wildman–Crippen LogP) is 5.92. The minimum atomic E-state index is -0.298. The number of hydrogen-bond acceptors (Lipinski definition) is 5. The molecule has 0 amide bonds. The summed E-state index contributed by atoms with van der Waals surface area (Å²) in [7, 11) is 0. The Morgan fingerprint density at radius 2 is 1.96 bits per heavy atom. The van der Waals surface area contributed by atoms with E-state index < -0.39 is 0 Å². The van der Waals surface area contributed by atoms with E-state index in [1.807, 2.05) is 36.4 Å². The van der Waals surface area contributed by atoms with Crippen molar-refractivity contribution in [3.05, 3.63) is 68.0 Å². The highest BCUT2D eigenvalue weighted by molar-refractivity contribution is 9.10. The lowest BCUT2D eigenvalue weighted by molar-refractivity contribution is 0.829. The molecule has 130 valence electrons. The lowest BCUT2D eigenvalue weighted by atomic mass is 10.3. The number of thiazole rings is 1. The number of aromatic nitrogens is 3. The van der Waals surface area contributed by atoms with Crippen LogP contribution in [0.3, 0.4) is 0 Å². The van der Waals surface area contributed by atoms with Crippen LogP contribution in [-0.2, 0) is 0 Å². The van der Waals surface area contributed by atoms with E-state index in [0.29, 0.717) is 21.5 Å². The van der Waals surface area contributed by atoms with Crippen molar-refractivity contribution in [1.29, 1.82) is 0 Å². The molecule has 0 spiro atoms. The smallest absolute Gasteiger partial charge is 0.291 e. The van der Waals surface area contributed by atoms with Crippen molar-refractivity contribution < 1.29 is 0 Å². The Balaban J connectivity index is 1.73. The largest absolute Gasteiger partial charge is 0.301 e. The van der Waals surface area contributed by atoms with Gasteiger partial charge in [0.25, 0.3) is 0 Å². The fourth-order valence-electron chi connectivity index (χ4n) is 2.39. The van der Waals surface area contributed by atoms with E-state index in [4.69, 9.17) is 11.6 Å². The van der Waals surface area contributed by atoms with Crippen molar-refractivity contribution in [2.45, 2.75) is 6.92 Å². The molecule has 0 radical (unpaired) electrons. The fraction of sp³-hybridized carbons (Fsp3) is 0.0588. The summed E-state index contributed by atoms with van der Waals surface area (Å²) >= 11 is 10.8. The van der Waals surface area contributed by atoms with E-state index >= 15 is 0 Å². The first-order valence-electron chi connectivity index (χ1n) is 7.56. The van der Waals surface area contributed by atoms with Gasteiger partial charge in [-0.05, 0) is 49.4 Å². The number of aryl methyl sites for hydroxylation is 1. The Kier molecular flexibility index (Phi) is 4.47. The first-order valence-corrected chi connectivity index (χ1v) is 9.55. The van der Waals surface area contributed by atoms with E-state index in [0.717, 1.165) is 14.7 Å². The van der Waals surface area contributed by atoms with Crippen molar-refractivity contribution in [2.75, 3.05) is 0 Å². The third-order valence-electron chi connectivity index (χ3n) is 3.66. The number of nitrogens with one attached hydrogen (secondary N) is 1. The van der Waals surface area contributed by atoms with Crippen molar-refractivity contribution in [2.24, 2.45) is 10.2 Å². The van der Waals surface area contributed by atoms with E-state index in [-0.39, 0.29) is 11.2 Å². The maximum absolute atomic E-state index is 12.7. The molecule has 0 bridgehead atoms. The van der Waals surface area contributed by atoms with Crippen LogP contribution in [0, 0.1) is 6.92 Å². The average molecular weight is 449 g/mol. The molecule has 0 saturated carbocycles. The number of fused-ring (bicyclic) bond motifs is 1. The van der Waals surface area contributed by atoms with Gasteiger partial charge in [0, 0.05) is 9.50 Å². The van der Waals surface area contributed by atoms with Gasteiger partial charge in [0.1, 0.15) is 0 Å². The zero-order chi connectivity index (χ0) is 18.3. The normalized spacial score (nSPS) is 11.7. The van der Waals surface area contributed by atoms with Gasteiger partial charge in [0.05, 0.1) is 21.6 Å². The monoisotopic (exact) mass is 447 g/mol. The first-order chi connectivity index (χ1) is 12.5. The lowest BCUT2D eigenvalue weighted by Crippen LogP contribution is -2.13. The Bertz CT molecular complexity index is 1190. The maximum atomic E-state index is 12.7. The summed E-state index contributed by atoms with van der Waals surface area (Å²) in [5.74, 6) is 0. The molecular formula is C17H11BrClN5OS. The summed E-state index contributed by atoms with van der Waals surface area (Å²) in [6.07, 6.45) is 0. The Morgan fingerprint density at radius 3 is 2.73 bits per heavy atom. The summed E-state index contributed by atoms with van der Waals surface area (Å²) in [4.78, 5) is 17.2. The van der Waals surface area contributed by atoms with Crippen LogP contribution in [-0.4, -0.2) is 14.8 Å². The molecule has 2 aromatic heterocycles. The standard InChI is InChI=1S/C17H11BrClN5OS/c1-9-15(22-21-12-5-2-10(18)3-6-12)16(25)24(23-9)17-20-13-7-4-11(19)8-14(13)26-17/h2-8,23H,1H3. The van der Waals surface area contributed by atoms with Crippen LogP contribution in [0.5, 0.6) is 0 Å². The molecule has 0 saturated heterocycles. The highest BCUT2D eigenvalue weighted by Gasteiger charge is 2.15. The van der Waals surface area contributed by atoms with Gasteiger partial charge in [-0.15, -0.1) is 5.11 Å². The molecule has 0 aliphatic rings. The van der Waals surface area contributed by atoms with E-state index in [2.05, 4.69) is 36.2 Å². The molecule has 4 rings (SSSR count). The molecule has 4 aromatic rings. The fourth-order valence-corrected chi connectivity index (χ4v) is 3.85. The van der Waals surface area contributed by atoms with Gasteiger partial charge in [-0.3, -0.25) is 9.89 Å². The zero-order valence-corrected chi connectivity index (χ0v) is 16.6. The van der Waals surface area contributed by atoms with Crippen LogP contribution in [0.1, 0.15) is 5.69 Å². The van der Waals surface area contributed by atoms with Gasteiger partial charge >= 0.3 is 5.56 Å². The van der Waals surface area contributed by atoms with Crippen LogP contribution in [0.15, 0.2) is 62.0 Å². The van der Waals surface area contributed by atoms with Crippen molar-refractivity contribution in [3.8, 4) is 5.13 Å². The number of aromatic amines is 1. The van der Waals surface area contributed by atoms with Crippen LogP contribution in [0.25, 0.3) is 15.3 Å². The first kappa shape index (κ1) is 17.1. The molecule has 0 unspecified atom stereocenters. The topological polar surface area (TPSA) is 75.4 Å². The minimum absolute atomic E-state index is 0.255. The van der Waals surface area contributed by atoms with E-state index in [9.17, 15) is 4.79 Å². The van der Waals surface area contributed by atoms with Gasteiger partial charge in [-0.1, -0.05) is 38.9 Å². The minimum Gasteiger partial charge on any atom is -0.291 e. The molecule has 0 fully saturated rings. The third kappa shape index (κ3) is 3.23. The number of hydrogen-bond donors (Lipinski definition) is 1. The second-order valence-electron chi connectivity index (χ2n) is 5.51. The molecule has 0 aliphatic carbocycles. The van der Waals surface area contributed by atoms with Gasteiger partial charge < -0.3 is 0 Å². The van der Waals surface area contributed by atoms with Crippen LogP contribution in [0.2, 0.25) is 5.02 Å². The Morgan fingerprint density at radius 1 is 1.19 bits per heavy atom. The number of benzene rings is 2. The van der Waals surface area contributed by atoms with E-state index in [1.54, 1.807) is 13.0 Å². The summed E-state index contributed by atoms with van der Waals surface area (Å²) in [5, 5.41) is 12.4. The van der Waals surface area contributed by atoms with Gasteiger partial charge in [0.2, 0.25) is 5.13 Å². The molecule has 0 atom stereocenters. The second-order valence-corrected chi connectivity index (χ2v) is 7.87. The lowest BCUT2D eigenvalue weighted by Gasteiger charge is -1.92. The molecule has 1 N–H and O–H groups in total. The number of halogens is 2. The molecule has 0 aliphatic heterocycles. The Hall–Kier alpha value is -2.29. The molecular weight excluding hydrogens is 438 g/mol. The highest BCUT2D eigenvalue weighted by Crippen LogP contribution is 2.27. The zero-order valence-electron chi connectivity index (χ0n) is 13.4. The van der Waals surface area contributed by atoms with Gasteiger partial charge in [-0.25, -0.2) is 4.98 Å². The number of H-pyrrole nitrogens is 1. The van der Waals surface area contributed by atoms with Gasteiger partial charge in [-0.2, -0.15) is 9.80 Å². The maximum Gasteiger partial charge on any atom is 0.301 e. The molecule has 2 aromatic carbocycles.